The molecule has 6 nitrogen and oxygen atoms in total. The summed E-state index contributed by atoms with van der Waals surface area (Å²) >= 11 is 0. The maximum Gasteiger partial charge on any atom is 0.410 e. The zero-order chi connectivity index (χ0) is 20.7. The van der Waals surface area contributed by atoms with Crippen molar-refractivity contribution in [3.8, 4) is 0 Å². The lowest BCUT2D eigenvalue weighted by Crippen LogP contribution is -2.65. The molecule has 0 bridgehead atoms. The fourth-order valence-corrected chi connectivity index (χ4v) is 3.08. The summed E-state index contributed by atoms with van der Waals surface area (Å²) in [5.41, 5.74) is -1.79. The second-order valence-corrected chi connectivity index (χ2v) is 8.40. The molecule has 1 saturated carbocycles. The van der Waals surface area contributed by atoms with Crippen molar-refractivity contribution in [3.05, 3.63) is 29.8 Å². The number of anilines is 1. The van der Waals surface area contributed by atoms with Gasteiger partial charge in [0.2, 0.25) is 0 Å². The number of urea groups is 1. The number of halogens is 3. The van der Waals surface area contributed by atoms with Gasteiger partial charge in [0.05, 0.1) is 25.6 Å². The number of ether oxygens (including phenoxy) is 1. The Hall–Kier alpha value is -2.45. The van der Waals surface area contributed by atoms with Gasteiger partial charge >= 0.3 is 12.1 Å². The first-order chi connectivity index (χ1) is 12.9. The molecule has 0 radical (unpaired) electrons. The van der Waals surface area contributed by atoms with Crippen LogP contribution in [0.3, 0.4) is 0 Å². The number of likely N-dealkylation sites (tertiary alicyclic amines) is 1. The molecule has 154 valence electrons. The number of carbonyl (C=O) groups is 2. The van der Waals surface area contributed by atoms with Gasteiger partial charge in [0.15, 0.2) is 5.67 Å². The van der Waals surface area contributed by atoms with E-state index in [2.05, 4.69) is 10.6 Å². The third-order valence-corrected chi connectivity index (χ3v) is 4.58. The van der Waals surface area contributed by atoms with Crippen molar-refractivity contribution in [1.82, 2.24) is 10.2 Å². The van der Waals surface area contributed by atoms with Crippen molar-refractivity contribution in [3.63, 3.8) is 0 Å². The number of amides is 3. The Kier molecular flexibility index (Phi) is 4.97. The molecule has 1 aromatic carbocycles. The van der Waals surface area contributed by atoms with Gasteiger partial charge in [0, 0.05) is 12.1 Å². The van der Waals surface area contributed by atoms with Gasteiger partial charge < -0.3 is 20.3 Å². The van der Waals surface area contributed by atoms with Crippen LogP contribution in [0.5, 0.6) is 0 Å². The van der Waals surface area contributed by atoms with Gasteiger partial charge in [-0.2, -0.15) is 0 Å². The maximum atomic E-state index is 14.6. The Labute approximate surface area is 161 Å². The molecular weight excluding hydrogens is 375 g/mol. The molecule has 0 aromatic heterocycles. The van der Waals surface area contributed by atoms with E-state index >= 15 is 0 Å². The van der Waals surface area contributed by atoms with Crippen LogP contribution in [-0.4, -0.2) is 53.9 Å². The summed E-state index contributed by atoms with van der Waals surface area (Å²) < 4.78 is 46.4. The number of rotatable bonds is 4. The summed E-state index contributed by atoms with van der Waals surface area (Å²) in [6.07, 6.45) is -0.856. The summed E-state index contributed by atoms with van der Waals surface area (Å²) in [4.78, 5) is 25.1. The second-order valence-electron chi connectivity index (χ2n) is 8.40. The van der Waals surface area contributed by atoms with Crippen LogP contribution in [0.15, 0.2) is 24.3 Å². The van der Waals surface area contributed by atoms with Gasteiger partial charge in [0.25, 0.3) is 5.92 Å². The normalized spacial score (nSPS) is 22.1. The highest BCUT2D eigenvalue weighted by Crippen LogP contribution is 2.57. The van der Waals surface area contributed by atoms with Crippen molar-refractivity contribution in [2.75, 3.05) is 25.0 Å². The molecule has 1 aromatic rings. The first-order valence-electron chi connectivity index (χ1n) is 9.07. The van der Waals surface area contributed by atoms with E-state index in [4.69, 9.17) is 4.74 Å². The van der Waals surface area contributed by atoms with Crippen molar-refractivity contribution in [2.24, 2.45) is 0 Å². The molecule has 1 saturated heterocycles. The molecule has 1 unspecified atom stereocenters. The summed E-state index contributed by atoms with van der Waals surface area (Å²) in [5, 5.41) is 4.90. The molecule has 28 heavy (non-hydrogen) atoms. The highest BCUT2D eigenvalue weighted by Gasteiger charge is 2.58. The predicted octanol–water partition coefficient (Wildman–Crippen LogP) is 3.89. The molecule has 2 aliphatic rings. The molecule has 3 amide bonds. The number of benzene rings is 1. The Bertz CT molecular complexity index is 773. The molecule has 1 heterocycles. The summed E-state index contributed by atoms with van der Waals surface area (Å²) in [7, 11) is 0. The minimum absolute atomic E-state index is 0.187. The maximum absolute atomic E-state index is 14.6. The van der Waals surface area contributed by atoms with Crippen LogP contribution in [-0.2, 0) is 4.74 Å². The van der Waals surface area contributed by atoms with Crippen LogP contribution in [0, 0.1) is 0 Å². The van der Waals surface area contributed by atoms with Gasteiger partial charge in [-0.25, -0.2) is 22.8 Å². The number of nitrogens with zero attached hydrogens (tertiary/aromatic N) is 1. The van der Waals surface area contributed by atoms with E-state index < -0.39 is 35.2 Å². The highest BCUT2D eigenvalue weighted by molar-refractivity contribution is 5.90. The molecule has 0 spiro atoms. The smallest absolute Gasteiger partial charge is 0.410 e. The fraction of sp³-hybridized carbons (Fsp3) is 0.579. The number of hydrogen-bond donors (Lipinski definition) is 2. The summed E-state index contributed by atoms with van der Waals surface area (Å²) in [6, 6.07) is 5.64. The van der Waals surface area contributed by atoms with E-state index in [0.717, 1.165) is 0 Å². The number of nitrogens with one attached hydrogen (secondary N) is 2. The monoisotopic (exact) mass is 399 g/mol. The van der Waals surface area contributed by atoms with E-state index in [1.54, 1.807) is 39.0 Å². The fourth-order valence-electron chi connectivity index (χ4n) is 3.08. The third kappa shape index (κ3) is 4.69. The predicted molar refractivity (Wildman–Crippen MR) is 97.4 cm³/mol. The Morgan fingerprint density at radius 3 is 2.39 bits per heavy atom. The zero-order valence-electron chi connectivity index (χ0n) is 16.0. The highest BCUT2D eigenvalue weighted by atomic mass is 19.3. The Morgan fingerprint density at radius 2 is 1.82 bits per heavy atom. The minimum Gasteiger partial charge on any atom is -0.444 e. The molecular formula is C19H24F3N3O3. The van der Waals surface area contributed by atoms with Crippen molar-refractivity contribution < 1.29 is 27.5 Å². The average molecular weight is 399 g/mol. The topological polar surface area (TPSA) is 70.7 Å². The minimum atomic E-state index is -2.76. The molecule has 1 aliphatic heterocycles. The first kappa shape index (κ1) is 20.3. The molecule has 2 fully saturated rings. The lowest BCUT2D eigenvalue weighted by atomic mass is 9.97. The lowest BCUT2D eigenvalue weighted by molar-refractivity contribution is -0.0483. The zero-order valence-corrected chi connectivity index (χ0v) is 16.0. The van der Waals surface area contributed by atoms with E-state index in [9.17, 15) is 22.8 Å². The molecule has 1 aliphatic carbocycles. The molecule has 2 N–H and O–H groups in total. The Balaban J connectivity index is 1.48. The summed E-state index contributed by atoms with van der Waals surface area (Å²) in [6.45, 7) is 4.47. The van der Waals surface area contributed by atoms with Crippen molar-refractivity contribution in [2.45, 2.75) is 50.3 Å². The number of hydrogen-bond acceptors (Lipinski definition) is 3. The van der Waals surface area contributed by atoms with E-state index in [-0.39, 0.29) is 31.7 Å². The lowest BCUT2D eigenvalue weighted by Gasteiger charge is -2.44. The number of carbonyl (C=O) groups excluding carboxylic acids is 2. The average Bonchev–Trinajstić information content (AvgIpc) is 3.17. The van der Waals surface area contributed by atoms with Gasteiger partial charge in [-0.3, -0.25) is 0 Å². The SMILES string of the molecule is CC(C)(C)OC(=O)N1CC(F)(CNC(=O)Nc2ccccc2C2CC2(F)F)C1. The Morgan fingerprint density at radius 1 is 1.21 bits per heavy atom. The van der Waals surface area contributed by atoms with Crippen LogP contribution < -0.4 is 10.6 Å². The number of para-hydroxylation sites is 1. The largest absolute Gasteiger partial charge is 0.444 e. The van der Waals surface area contributed by atoms with Gasteiger partial charge in [0.1, 0.15) is 5.60 Å². The number of alkyl halides is 3. The standard InChI is InChI=1S/C19H24F3N3O3/c1-17(2,3)28-16(27)25-10-18(20,11-25)9-23-15(26)24-14-7-5-4-6-12(14)13-8-19(13,21)22/h4-7,13H,8-11H2,1-3H3,(H2,23,24,26). The van der Waals surface area contributed by atoms with Crippen molar-refractivity contribution in [1.29, 1.82) is 0 Å². The second kappa shape index (κ2) is 6.86. The van der Waals surface area contributed by atoms with Crippen LogP contribution in [0.25, 0.3) is 0 Å². The van der Waals surface area contributed by atoms with Crippen LogP contribution in [0.1, 0.15) is 38.7 Å². The van der Waals surface area contributed by atoms with Gasteiger partial charge in [-0.15, -0.1) is 0 Å². The molecule has 3 rings (SSSR count). The van der Waals surface area contributed by atoms with E-state index in [1.165, 1.54) is 11.0 Å². The van der Waals surface area contributed by atoms with Crippen molar-refractivity contribution >= 4 is 17.8 Å². The van der Waals surface area contributed by atoms with E-state index in [0.29, 0.717) is 5.56 Å². The quantitative estimate of drug-likeness (QED) is 0.807. The van der Waals surface area contributed by atoms with E-state index in [1.807, 2.05) is 0 Å². The van der Waals surface area contributed by atoms with Gasteiger partial charge in [-0.05, 0) is 32.4 Å². The van der Waals surface area contributed by atoms with Crippen LogP contribution in [0.2, 0.25) is 0 Å². The first-order valence-corrected chi connectivity index (χ1v) is 9.07. The van der Waals surface area contributed by atoms with Gasteiger partial charge in [-0.1, -0.05) is 18.2 Å². The van der Waals surface area contributed by atoms with Crippen LogP contribution >= 0.6 is 0 Å². The molecule has 1 atom stereocenters. The third-order valence-electron chi connectivity index (χ3n) is 4.58. The summed E-state index contributed by atoms with van der Waals surface area (Å²) in [5.74, 6) is -3.67. The van der Waals surface area contributed by atoms with Crippen LogP contribution in [0.4, 0.5) is 28.4 Å². The molecule has 9 heteroatoms.